The third kappa shape index (κ3) is 19.7. The van der Waals surface area contributed by atoms with Gasteiger partial charge in [-0.1, -0.05) is 24.3 Å². The van der Waals surface area contributed by atoms with E-state index >= 15 is 0 Å². The zero-order valence-corrected chi connectivity index (χ0v) is 69.4. The molecule has 0 aliphatic rings. The number of hydrogen-bond donors (Lipinski definition) is 6. The third-order valence-electron chi connectivity index (χ3n) is 14.8. The van der Waals surface area contributed by atoms with Crippen LogP contribution >= 0.6 is 102 Å². The minimum atomic E-state index is 0. The fourth-order valence-corrected chi connectivity index (χ4v) is 16.5. The molecule has 15 rings (SSSR count). The molecule has 7 N–H and O–H groups in total. The zero-order chi connectivity index (χ0) is 64.4. The van der Waals surface area contributed by atoms with Gasteiger partial charge in [0.25, 0.3) is 0 Å². The summed E-state index contributed by atoms with van der Waals surface area (Å²) in [7, 11) is 9.63. The first-order valence-electron chi connectivity index (χ1n) is 29.5. The van der Waals surface area contributed by atoms with Crippen LogP contribution in [0.5, 0.6) is 5.75 Å². The monoisotopic (exact) mass is 1710 g/mol. The van der Waals surface area contributed by atoms with Gasteiger partial charge in [0, 0.05) is 98.6 Å². The van der Waals surface area contributed by atoms with Crippen molar-refractivity contribution in [2.45, 2.75) is 27.7 Å². The van der Waals surface area contributed by atoms with E-state index in [1.165, 1.54) is 70.4 Å². The molecule has 478 valence electrons. The molecule has 0 aliphatic carbocycles. The van der Waals surface area contributed by atoms with Gasteiger partial charge in [-0.05, 0) is 271 Å². The molecule has 0 bridgehead atoms. The molecule has 0 aliphatic heterocycles. The normalized spacial score (nSPS) is 10.4. The number of nitrogens with one attached hydrogen (secondary N) is 5. The summed E-state index contributed by atoms with van der Waals surface area (Å²) in [5.74, 6) is 0.281. The van der Waals surface area contributed by atoms with E-state index in [4.69, 9.17) is 9.97 Å². The molecule has 10 aromatic carbocycles. The van der Waals surface area contributed by atoms with E-state index in [9.17, 15) is 5.11 Å². The van der Waals surface area contributed by atoms with Crippen LogP contribution in [-0.4, -0.2) is 70.7 Å². The van der Waals surface area contributed by atoms with Crippen molar-refractivity contribution >= 4 is 181 Å². The zero-order valence-electron chi connectivity index (χ0n) is 54.9. The van der Waals surface area contributed by atoms with E-state index in [1.807, 2.05) is 65.6 Å². The van der Waals surface area contributed by atoms with Crippen LogP contribution in [0, 0.1) is 34.8 Å². The van der Waals surface area contributed by atoms with Crippen molar-refractivity contribution in [1.29, 1.82) is 0 Å². The maximum atomic E-state index is 9.45. The SMILES string of the molecule is CNc1ccc(-c2nc3ccc(C)cc3s2)cc1.CNc1ccc(-c2nc3ccc(C)cc3s2)cc1.CNc1ccc(-c2nc3ccc(C)cc3s2)cc1[125I].CNc1ccc(-c2nc3ccc(C)cc3s2)cc1[125I].CNc1ccc(-c2nc3ccc(O)cc3s2)cc1.[125I-].[Na+].[Na+].[OH-]. The summed E-state index contributed by atoms with van der Waals surface area (Å²) in [6.07, 6.45) is 0. The number of benzene rings is 10. The number of phenols is 1. The Balaban J connectivity index is 0.000000168. The van der Waals surface area contributed by atoms with Crippen molar-refractivity contribution in [1.82, 2.24) is 24.9 Å². The summed E-state index contributed by atoms with van der Waals surface area (Å²) in [5, 5.41) is 30.5. The van der Waals surface area contributed by atoms with Gasteiger partial charge in [-0.15, -0.1) is 56.7 Å². The number of thiazole rings is 5. The fraction of sp³-hybridized carbons (Fsp3) is 0.122. The quantitative estimate of drug-likeness (QED) is 0.0566. The number of fused-ring (bicyclic) bond motifs is 5. The van der Waals surface area contributed by atoms with Crippen LogP contribution in [0.4, 0.5) is 28.4 Å². The molecule has 5 heterocycles. The Hall–Kier alpha value is -5.40. The van der Waals surface area contributed by atoms with Crippen molar-refractivity contribution in [3.63, 3.8) is 0 Å². The number of rotatable bonds is 10. The summed E-state index contributed by atoms with van der Waals surface area (Å²) < 4.78 is 8.44. The third-order valence-corrected chi connectivity index (χ3v) is 21.9. The molecule has 15 aromatic rings. The second kappa shape index (κ2) is 36.6. The number of aromatic hydroxyl groups is 1. The van der Waals surface area contributed by atoms with Gasteiger partial charge in [-0.25, -0.2) is 24.9 Å². The number of aromatic nitrogens is 5. The minimum Gasteiger partial charge on any atom is -1.00 e. The Morgan fingerprint density at radius 3 is 0.792 bits per heavy atom. The Kier molecular flexibility index (Phi) is 29.7. The average Bonchev–Trinajstić information content (AvgIpc) is 1.69. The molecule has 0 spiro atoms. The van der Waals surface area contributed by atoms with Crippen molar-refractivity contribution in [3.05, 3.63) is 230 Å². The first kappa shape index (κ1) is 77.9. The summed E-state index contributed by atoms with van der Waals surface area (Å²) in [6.45, 7) is 8.45. The van der Waals surface area contributed by atoms with E-state index in [1.54, 1.807) is 68.8 Å². The summed E-state index contributed by atoms with van der Waals surface area (Å²) in [6, 6.07) is 68.5. The smallest absolute Gasteiger partial charge is 1.00 e. The van der Waals surface area contributed by atoms with E-state index in [-0.39, 0.29) is 94.3 Å². The van der Waals surface area contributed by atoms with Gasteiger partial charge in [-0.3, -0.25) is 0 Å². The van der Waals surface area contributed by atoms with E-state index in [0.29, 0.717) is 0 Å². The van der Waals surface area contributed by atoms with Crippen LogP contribution in [-0.2, 0) is 0 Å². The van der Waals surface area contributed by atoms with Crippen molar-refractivity contribution in [3.8, 4) is 58.6 Å². The van der Waals surface area contributed by atoms with Crippen molar-refractivity contribution in [2.24, 2.45) is 0 Å². The Morgan fingerprint density at radius 2 is 0.542 bits per heavy atom. The fourth-order valence-electron chi connectivity index (χ4n) is 9.70. The number of nitrogens with zero attached hydrogens (tertiary/aromatic N) is 5. The molecule has 0 unspecified atom stereocenters. The Labute approximate surface area is 668 Å². The second-order valence-corrected chi connectivity index (χ2v) is 29.0. The van der Waals surface area contributed by atoms with Crippen LogP contribution in [0.1, 0.15) is 22.3 Å². The molecule has 0 radical (unpaired) electrons. The Morgan fingerprint density at radius 1 is 0.302 bits per heavy atom. The van der Waals surface area contributed by atoms with Crippen LogP contribution in [0.15, 0.2) is 200 Å². The average molecular weight is 1710 g/mol. The van der Waals surface area contributed by atoms with Gasteiger partial charge in [0.2, 0.25) is 0 Å². The first-order valence-corrected chi connectivity index (χ1v) is 35.7. The molecule has 22 heteroatoms. The van der Waals surface area contributed by atoms with Gasteiger partial charge in [-0.2, -0.15) is 0 Å². The number of anilines is 5. The van der Waals surface area contributed by atoms with E-state index in [2.05, 4.69) is 272 Å². The number of hydrogen-bond acceptors (Lipinski definition) is 17. The van der Waals surface area contributed by atoms with E-state index < -0.39 is 0 Å². The molecular formula is C74H67I3N10Na2O2S5. The van der Waals surface area contributed by atoms with Gasteiger partial charge >= 0.3 is 59.1 Å². The molecular weight excluding hydrogens is 1640 g/mol. The van der Waals surface area contributed by atoms with Gasteiger partial charge in [0.1, 0.15) is 30.8 Å². The van der Waals surface area contributed by atoms with Crippen LogP contribution in [0.25, 0.3) is 104 Å². The number of phenolic OH excluding ortho intramolecular Hbond substituents is 1. The van der Waals surface area contributed by atoms with Crippen LogP contribution in [0.3, 0.4) is 0 Å². The predicted octanol–water partition coefficient (Wildman–Crippen LogP) is 13.0. The predicted molar refractivity (Wildman–Crippen MR) is 421 cm³/mol. The number of halogens is 3. The topological polar surface area (TPSA) is 175 Å². The Bertz CT molecular complexity index is 4620. The molecule has 0 fully saturated rings. The van der Waals surface area contributed by atoms with Crippen LogP contribution in [0.2, 0.25) is 0 Å². The molecule has 5 aromatic heterocycles. The van der Waals surface area contributed by atoms with Gasteiger partial charge < -0.3 is 61.1 Å². The summed E-state index contributed by atoms with van der Waals surface area (Å²) in [5.41, 5.74) is 21.8. The summed E-state index contributed by atoms with van der Waals surface area (Å²) in [4.78, 5) is 23.4. The molecule has 0 saturated carbocycles. The maximum absolute atomic E-state index is 9.45. The van der Waals surface area contributed by atoms with Gasteiger partial charge in [0.15, 0.2) is 0 Å². The number of aryl methyl sites for hydroxylation is 4. The molecule has 96 heavy (non-hydrogen) atoms. The first-order chi connectivity index (χ1) is 44.6. The van der Waals surface area contributed by atoms with Crippen molar-refractivity contribution < 1.29 is 93.7 Å². The summed E-state index contributed by atoms with van der Waals surface area (Å²) >= 11 is 13.3. The molecule has 0 atom stereocenters. The minimum absolute atomic E-state index is 0. The standard InChI is InChI=1S/2C15H13IN2S.2C15H14N2S.C14H12N2OS.HI.2Na.H2O/c2*1-9-3-5-13-14(7-9)19-15(18-13)10-4-6-12(17-2)11(16)8-10;2*1-10-3-8-13-14(9-10)18-15(17-13)11-4-6-12(16-2)7-5-11;1-15-10-4-2-9(3-5-10)14-16-12-7-6-11(17)8-13(12)18-14;;;;/h2*3-8,17H,1-2H3;2*3-9,16H,1-2H3;2-8,15,17H,1H3;1H;;;1H2/q;;;;;;2*+1;/p-2/i2*16-2;;;;1-2;;;. The molecule has 0 amide bonds. The largest absolute Gasteiger partial charge is 1.00 e. The van der Waals surface area contributed by atoms with Gasteiger partial charge in [0.05, 0.1) is 51.1 Å². The molecule has 0 saturated heterocycles. The molecule has 12 nitrogen and oxygen atoms in total. The maximum Gasteiger partial charge on any atom is 1.00 e. The van der Waals surface area contributed by atoms with E-state index in [0.717, 1.165) is 91.3 Å². The second-order valence-electron chi connectivity index (χ2n) is 21.5. The van der Waals surface area contributed by atoms with Crippen molar-refractivity contribution in [2.75, 3.05) is 61.8 Å². The van der Waals surface area contributed by atoms with Crippen LogP contribution < -0.4 is 110 Å².